The molecule has 2 N–H and O–H groups in total. The summed E-state index contributed by atoms with van der Waals surface area (Å²) in [4.78, 5) is 0.347. The molecule has 0 aromatic heterocycles. The predicted molar refractivity (Wildman–Crippen MR) is 77.5 cm³/mol. The Labute approximate surface area is 115 Å². The Kier molecular flexibility index (Phi) is 3.87. The number of nitrogens with zero attached hydrogens (tertiary/aromatic N) is 1. The monoisotopic (exact) mass is 282 g/mol. The highest BCUT2D eigenvalue weighted by atomic mass is 32.2. The van der Waals surface area contributed by atoms with Crippen molar-refractivity contribution in [2.75, 3.05) is 12.8 Å². The first kappa shape index (κ1) is 14.3. The number of hydrogen-bond donors (Lipinski definition) is 1. The zero-order chi connectivity index (χ0) is 14.2. The molecule has 1 aromatic carbocycles. The van der Waals surface area contributed by atoms with Crippen molar-refractivity contribution in [1.82, 2.24) is 4.31 Å². The van der Waals surface area contributed by atoms with E-state index >= 15 is 0 Å². The molecule has 1 saturated carbocycles. The van der Waals surface area contributed by atoms with Crippen LogP contribution in [0.25, 0.3) is 0 Å². The third kappa shape index (κ3) is 2.62. The van der Waals surface area contributed by atoms with E-state index in [1.54, 1.807) is 13.1 Å². The summed E-state index contributed by atoms with van der Waals surface area (Å²) >= 11 is 0. The summed E-state index contributed by atoms with van der Waals surface area (Å²) in [5.74, 6) is 0. The molecule has 19 heavy (non-hydrogen) atoms. The van der Waals surface area contributed by atoms with Crippen LogP contribution in [-0.2, 0) is 10.0 Å². The van der Waals surface area contributed by atoms with Gasteiger partial charge in [0.15, 0.2) is 0 Å². The van der Waals surface area contributed by atoms with Gasteiger partial charge in [-0.05, 0) is 49.9 Å². The Bertz CT molecular complexity index is 575. The normalized spacial score (nSPS) is 17.3. The molecule has 5 heteroatoms. The Morgan fingerprint density at radius 3 is 2.37 bits per heavy atom. The van der Waals surface area contributed by atoms with Crippen molar-refractivity contribution in [3.8, 4) is 0 Å². The molecule has 1 aliphatic rings. The number of hydrogen-bond acceptors (Lipinski definition) is 3. The van der Waals surface area contributed by atoms with Gasteiger partial charge in [-0.15, -0.1) is 0 Å². The second-order valence-electron chi connectivity index (χ2n) is 5.42. The van der Waals surface area contributed by atoms with E-state index in [-0.39, 0.29) is 6.04 Å². The second-order valence-corrected chi connectivity index (χ2v) is 7.39. The summed E-state index contributed by atoms with van der Waals surface area (Å²) in [5.41, 5.74) is 8.00. The van der Waals surface area contributed by atoms with Crippen LogP contribution in [-0.4, -0.2) is 25.8 Å². The van der Waals surface area contributed by atoms with Crippen molar-refractivity contribution in [3.63, 3.8) is 0 Å². The van der Waals surface area contributed by atoms with Crippen LogP contribution in [0.2, 0.25) is 0 Å². The fraction of sp³-hybridized carbons (Fsp3) is 0.571. The summed E-state index contributed by atoms with van der Waals surface area (Å²) < 4.78 is 27.0. The van der Waals surface area contributed by atoms with Gasteiger partial charge < -0.3 is 5.73 Å². The highest BCUT2D eigenvalue weighted by molar-refractivity contribution is 7.89. The molecule has 2 rings (SSSR count). The molecule has 0 amide bonds. The van der Waals surface area contributed by atoms with Crippen molar-refractivity contribution in [2.45, 2.75) is 50.5 Å². The first-order chi connectivity index (χ1) is 8.84. The van der Waals surface area contributed by atoms with Crippen LogP contribution in [0.15, 0.2) is 17.0 Å². The Balaban J connectivity index is 2.44. The van der Waals surface area contributed by atoms with E-state index < -0.39 is 10.0 Å². The van der Waals surface area contributed by atoms with E-state index in [0.717, 1.165) is 36.8 Å². The fourth-order valence-corrected chi connectivity index (χ4v) is 4.49. The Hall–Kier alpha value is -1.07. The molecule has 0 bridgehead atoms. The minimum absolute atomic E-state index is 0.131. The highest BCUT2D eigenvalue weighted by Gasteiger charge is 2.31. The maximum absolute atomic E-state index is 12.7. The van der Waals surface area contributed by atoms with E-state index in [2.05, 4.69) is 0 Å². The predicted octanol–water partition coefficient (Wildman–Crippen LogP) is 2.45. The zero-order valence-corrected chi connectivity index (χ0v) is 12.6. The van der Waals surface area contributed by atoms with E-state index in [0.29, 0.717) is 10.6 Å². The molecule has 0 saturated heterocycles. The molecule has 0 atom stereocenters. The van der Waals surface area contributed by atoms with Crippen molar-refractivity contribution in [3.05, 3.63) is 23.3 Å². The van der Waals surface area contributed by atoms with Crippen molar-refractivity contribution < 1.29 is 8.42 Å². The van der Waals surface area contributed by atoms with Gasteiger partial charge in [-0.25, -0.2) is 8.42 Å². The van der Waals surface area contributed by atoms with Gasteiger partial charge in [-0.3, -0.25) is 0 Å². The van der Waals surface area contributed by atoms with Gasteiger partial charge in [0.2, 0.25) is 10.0 Å². The molecular weight excluding hydrogens is 260 g/mol. The summed E-state index contributed by atoms with van der Waals surface area (Å²) in [6.07, 6.45) is 4.13. The van der Waals surface area contributed by atoms with Gasteiger partial charge in [-0.1, -0.05) is 12.8 Å². The lowest BCUT2D eigenvalue weighted by molar-refractivity contribution is 0.373. The molecule has 0 radical (unpaired) electrons. The van der Waals surface area contributed by atoms with E-state index in [9.17, 15) is 8.42 Å². The van der Waals surface area contributed by atoms with E-state index in [1.165, 1.54) is 4.31 Å². The fourth-order valence-electron chi connectivity index (χ4n) is 2.74. The van der Waals surface area contributed by atoms with E-state index in [4.69, 9.17) is 5.73 Å². The first-order valence-electron chi connectivity index (χ1n) is 6.69. The molecular formula is C14H22N2O2S. The van der Waals surface area contributed by atoms with Gasteiger partial charge in [0.25, 0.3) is 0 Å². The van der Waals surface area contributed by atoms with Crippen molar-refractivity contribution in [2.24, 2.45) is 0 Å². The number of nitrogen functional groups attached to an aromatic ring is 1. The van der Waals surface area contributed by atoms with Crippen molar-refractivity contribution in [1.29, 1.82) is 0 Å². The van der Waals surface area contributed by atoms with Crippen molar-refractivity contribution >= 4 is 15.7 Å². The quantitative estimate of drug-likeness (QED) is 0.866. The highest BCUT2D eigenvalue weighted by Crippen LogP contribution is 2.30. The summed E-state index contributed by atoms with van der Waals surface area (Å²) in [5, 5.41) is 0. The SMILES string of the molecule is Cc1cc(N)cc(S(=O)(=O)N(C)C2CCCC2)c1C. The molecule has 1 aliphatic carbocycles. The largest absolute Gasteiger partial charge is 0.399 e. The average molecular weight is 282 g/mol. The van der Waals surface area contributed by atoms with Gasteiger partial charge in [0.1, 0.15) is 0 Å². The maximum Gasteiger partial charge on any atom is 0.243 e. The first-order valence-corrected chi connectivity index (χ1v) is 8.13. The number of benzene rings is 1. The molecule has 4 nitrogen and oxygen atoms in total. The molecule has 1 aromatic rings. The van der Waals surface area contributed by atoms with Crippen LogP contribution < -0.4 is 5.73 Å². The summed E-state index contributed by atoms with van der Waals surface area (Å²) in [7, 11) is -1.76. The van der Waals surface area contributed by atoms with Crippen LogP contribution >= 0.6 is 0 Å². The molecule has 0 heterocycles. The molecule has 1 fully saturated rings. The summed E-state index contributed by atoms with van der Waals surface area (Å²) in [6, 6.07) is 3.51. The van der Waals surface area contributed by atoms with Gasteiger partial charge in [0.05, 0.1) is 4.90 Å². The summed E-state index contributed by atoms with van der Waals surface area (Å²) in [6.45, 7) is 3.73. The second kappa shape index (κ2) is 5.13. The third-order valence-electron chi connectivity index (χ3n) is 4.14. The number of aryl methyl sites for hydroxylation is 1. The third-order valence-corrected chi connectivity index (χ3v) is 6.17. The van der Waals surface area contributed by atoms with Gasteiger partial charge >= 0.3 is 0 Å². The van der Waals surface area contributed by atoms with Crippen LogP contribution in [0.1, 0.15) is 36.8 Å². The minimum atomic E-state index is -3.44. The molecule has 0 spiro atoms. The molecule has 106 valence electrons. The van der Waals surface area contributed by atoms with E-state index in [1.807, 2.05) is 19.9 Å². The molecule has 0 unspecified atom stereocenters. The average Bonchev–Trinajstić information content (AvgIpc) is 2.86. The Morgan fingerprint density at radius 1 is 1.21 bits per heavy atom. The lowest BCUT2D eigenvalue weighted by Crippen LogP contribution is -2.35. The number of sulfonamides is 1. The maximum atomic E-state index is 12.7. The van der Waals surface area contributed by atoms with Gasteiger partial charge in [-0.2, -0.15) is 4.31 Å². The lowest BCUT2D eigenvalue weighted by Gasteiger charge is -2.25. The van der Waals surface area contributed by atoms with Crippen LogP contribution in [0.4, 0.5) is 5.69 Å². The Morgan fingerprint density at radius 2 is 1.79 bits per heavy atom. The minimum Gasteiger partial charge on any atom is -0.399 e. The zero-order valence-electron chi connectivity index (χ0n) is 11.8. The van der Waals surface area contributed by atoms with Gasteiger partial charge in [0, 0.05) is 18.8 Å². The number of anilines is 1. The number of rotatable bonds is 3. The van der Waals surface area contributed by atoms with Crippen LogP contribution in [0.5, 0.6) is 0 Å². The molecule has 0 aliphatic heterocycles. The topological polar surface area (TPSA) is 63.4 Å². The lowest BCUT2D eigenvalue weighted by atomic mass is 10.1. The smallest absolute Gasteiger partial charge is 0.243 e. The van der Waals surface area contributed by atoms with Crippen LogP contribution in [0.3, 0.4) is 0 Å². The number of nitrogens with two attached hydrogens (primary N) is 1. The van der Waals surface area contributed by atoms with Crippen LogP contribution in [0, 0.1) is 13.8 Å². The standard InChI is InChI=1S/C14H22N2O2S/c1-10-8-12(15)9-14(11(10)2)19(17,18)16(3)13-6-4-5-7-13/h8-9,13H,4-7,15H2,1-3H3.